The van der Waals surface area contributed by atoms with E-state index in [0.717, 1.165) is 5.75 Å². The molecule has 0 bridgehead atoms. The number of benzene rings is 2. The Morgan fingerprint density at radius 3 is 2.64 bits per heavy atom. The Kier molecular flexibility index (Phi) is 6.93. The highest BCUT2D eigenvalue weighted by Crippen LogP contribution is 2.23. The third-order valence-corrected chi connectivity index (χ3v) is 5.35. The maximum Gasteiger partial charge on any atom is 0.248 e. The lowest BCUT2D eigenvalue weighted by atomic mass is 10.2. The summed E-state index contributed by atoms with van der Waals surface area (Å²) in [6.45, 7) is 0.457. The fraction of sp³-hybridized carbons (Fsp3) is 0.286. The summed E-state index contributed by atoms with van der Waals surface area (Å²) >= 11 is 1.57. The van der Waals surface area contributed by atoms with Crippen LogP contribution >= 0.6 is 11.8 Å². The van der Waals surface area contributed by atoms with E-state index in [1.54, 1.807) is 40.9 Å². The maximum atomic E-state index is 12.6. The second-order valence-electron chi connectivity index (χ2n) is 6.32. The van der Waals surface area contributed by atoms with Gasteiger partial charge in [-0.25, -0.2) is 0 Å². The molecule has 2 aromatic carbocycles. The molecular weight excluding hydrogens is 374 g/mol. The van der Waals surface area contributed by atoms with Crippen LogP contribution in [0.4, 0.5) is 5.69 Å². The summed E-state index contributed by atoms with van der Waals surface area (Å²) in [4.78, 5) is 26.8. The molecule has 7 heteroatoms. The van der Waals surface area contributed by atoms with Gasteiger partial charge in [-0.2, -0.15) is 5.26 Å². The smallest absolute Gasteiger partial charge is 0.248 e. The molecule has 1 aliphatic heterocycles. The van der Waals surface area contributed by atoms with Crippen molar-refractivity contribution in [3.63, 3.8) is 0 Å². The van der Waals surface area contributed by atoms with E-state index < -0.39 is 6.04 Å². The average Bonchev–Trinajstić information content (AvgIpc) is 3.23. The lowest BCUT2D eigenvalue weighted by Crippen LogP contribution is -2.44. The van der Waals surface area contributed by atoms with Gasteiger partial charge in [-0.05, 0) is 42.8 Å². The molecule has 2 aromatic rings. The van der Waals surface area contributed by atoms with Crippen molar-refractivity contribution < 1.29 is 14.3 Å². The highest BCUT2D eigenvalue weighted by Gasteiger charge is 2.34. The van der Waals surface area contributed by atoms with Crippen molar-refractivity contribution >= 4 is 29.3 Å². The standard InChI is InChI=1S/C21H21N3O3S/c22-13-16-8-10-17(11-9-16)23-21(26)19-14-28-15-24(19)20(25)7-4-12-27-18-5-2-1-3-6-18/h1-3,5-6,8-11,19H,4,7,12,14-15H2,(H,23,26). The topological polar surface area (TPSA) is 82.4 Å². The van der Waals surface area contributed by atoms with Crippen LogP contribution in [0.5, 0.6) is 5.75 Å². The molecule has 1 atom stereocenters. The summed E-state index contributed by atoms with van der Waals surface area (Å²) in [5.74, 6) is 1.63. The number of thioether (sulfide) groups is 1. The Morgan fingerprint density at radius 1 is 1.18 bits per heavy atom. The van der Waals surface area contributed by atoms with Gasteiger partial charge in [0.2, 0.25) is 11.8 Å². The van der Waals surface area contributed by atoms with Crippen molar-refractivity contribution in [2.45, 2.75) is 18.9 Å². The first kappa shape index (κ1) is 19.8. The van der Waals surface area contributed by atoms with Crippen molar-refractivity contribution in [3.05, 3.63) is 60.2 Å². The van der Waals surface area contributed by atoms with E-state index in [2.05, 4.69) is 5.32 Å². The number of carbonyl (C=O) groups excluding carboxylic acids is 2. The third kappa shape index (κ3) is 5.27. The fourth-order valence-electron chi connectivity index (χ4n) is 2.83. The predicted molar refractivity (Wildman–Crippen MR) is 109 cm³/mol. The number of hydrogen-bond acceptors (Lipinski definition) is 5. The molecule has 2 amide bonds. The Bertz CT molecular complexity index is 849. The van der Waals surface area contributed by atoms with Gasteiger partial charge >= 0.3 is 0 Å². The van der Waals surface area contributed by atoms with Crippen molar-refractivity contribution in [3.8, 4) is 11.8 Å². The van der Waals surface area contributed by atoms with Gasteiger partial charge < -0.3 is 15.0 Å². The maximum absolute atomic E-state index is 12.6. The molecule has 1 unspecified atom stereocenters. The molecule has 1 aliphatic rings. The number of anilines is 1. The van der Waals surface area contributed by atoms with Crippen LogP contribution in [0, 0.1) is 11.3 Å². The Hall–Kier alpha value is -2.98. The first-order valence-electron chi connectivity index (χ1n) is 9.03. The van der Waals surface area contributed by atoms with Crippen LogP contribution in [0.15, 0.2) is 54.6 Å². The van der Waals surface area contributed by atoms with E-state index in [9.17, 15) is 9.59 Å². The van der Waals surface area contributed by atoms with E-state index >= 15 is 0 Å². The second kappa shape index (κ2) is 9.81. The van der Waals surface area contributed by atoms with E-state index in [0.29, 0.717) is 42.3 Å². The van der Waals surface area contributed by atoms with Gasteiger partial charge in [0.25, 0.3) is 0 Å². The van der Waals surface area contributed by atoms with Crippen molar-refractivity contribution in [1.82, 2.24) is 4.90 Å². The molecule has 0 spiro atoms. The van der Waals surface area contributed by atoms with Crippen molar-refractivity contribution in [2.75, 3.05) is 23.6 Å². The first-order chi connectivity index (χ1) is 13.7. The molecule has 1 heterocycles. The zero-order chi connectivity index (χ0) is 19.8. The highest BCUT2D eigenvalue weighted by atomic mass is 32.2. The summed E-state index contributed by atoms with van der Waals surface area (Å²) in [6, 6.07) is 17.7. The predicted octanol–water partition coefficient (Wildman–Crippen LogP) is 3.26. The van der Waals surface area contributed by atoms with Gasteiger partial charge in [-0.1, -0.05) is 18.2 Å². The summed E-state index contributed by atoms with van der Waals surface area (Å²) in [7, 11) is 0. The number of nitrogens with zero attached hydrogens (tertiary/aromatic N) is 2. The van der Waals surface area contributed by atoms with Crippen LogP contribution in [0.3, 0.4) is 0 Å². The molecule has 1 saturated heterocycles. The number of ether oxygens (including phenoxy) is 1. The normalized spacial score (nSPS) is 15.7. The van der Waals surface area contributed by atoms with Crippen LogP contribution in [0.1, 0.15) is 18.4 Å². The molecule has 0 saturated carbocycles. The quantitative estimate of drug-likeness (QED) is 0.728. The van der Waals surface area contributed by atoms with E-state index in [1.807, 2.05) is 36.4 Å². The molecular formula is C21H21N3O3S. The minimum atomic E-state index is -0.483. The largest absolute Gasteiger partial charge is 0.494 e. The van der Waals surface area contributed by atoms with E-state index in [-0.39, 0.29) is 11.8 Å². The van der Waals surface area contributed by atoms with E-state index in [1.165, 1.54) is 0 Å². The number of hydrogen-bond donors (Lipinski definition) is 1. The second-order valence-corrected chi connectivity index (χ2v) is 7.32. The number of para-hydroxylation sites is 1. The SMILES string of the molecule is N#Cc1ccc(NC(=O)C2CSCN2C(=O)CCCOc2ccccc2)cc1. The summed E-state index contributed by atoms with van der Waals surface area (Å²) in [6.07, 6.45) is 0.937. The van der Waals surface area contributed by atoms with Crippen LogP contribution < -0.4 is 10.1 Å². The number of nitrogens with one attached hydrogen (secondary N) is 1. The van der Waals surface area contributed by atoms with Gasteiger partial charge in [-0.3, -0.25) is 9.59 Å². The van der Waals surface area contributed by atoms with Crippen LogP contribution in [0.25, 0.3) is 0 Å². The number of amides is 2. The minimum absolute atomic E-state index is 0.0401. The summed E-state index contributed by atoms with van der Waals surface area (Å²) < 4.78 is 5.61. The van der Waals surface area contributed by atoms with Crippen molar-refractivity contribution in [1.29, 1.82) is 5.26 Å². The third-order valence-electron chi connectivity index (χ3n) is 4.33. The van der Waals surface area contributed by atoms with Gasteiger partial charge in [0.1, 0.15) is 11.8 Å². The van der Waals surface area contributed by atoms with Crippen LogP contribution in [0.2, 0.25) is 0 Å². The first-order valence-corrected chi connectivity index (χ1v) is 10.2. The molecule has 0 aliphatic carbocycles. The molecule has 3 rings (SSSR count). The number of carbonyl (C=O) groups is 2. The average molecular weight is 395 g/mol. The Labute approximate surface area is 168 Å². The Morgan fingerprint density at radius 2 is 1.93 bits per heavy atom. The number of nitriles is 1. The van der Waals surface area contributed by atoms with Crippen LogP contribution in [-0.4, -0.2) is 41.0 Å². The Balaban J connectivity index is 1.47. The lowest BCUT2D eigenvalue weighted by molar-refractivity contribution is -0.136. The summed E-state index contributed by atoms with van der Waals surface area (Å²) in [5, 5.41) is 11.7. The van der Waals surface area contributed by atoms with Gasteiger partial charge in [-0.15, -0.1) is 11.8 Å². The van der Waals surface area contributed by atoms with Gasteiger partial charge in [0, 0.05) is 17.9 Å². The van der Waals surface area contributed by atoms with Gasteiger partial charge in [0.05, 0.1) is 24.1 Å². The van der Waals surface area contributed by atoms with E-state index in [4.69, 9.17) is 10.00 Å². The molecule has 1 fully saturated rings. The molecule has 0 radical (unpaired) electrons. The van der Waals surface area contributed by atoms with Gasteiger partial charge in [0.15, 0.2) is 0 Å². The molecule has 6 nitrogen and oxygen atoms in total. The molecule has 0 aromatic heterocycles. The zero-order valence-corrected chi connectivity index (χ0v) is 16.2. The zero-order valence-electron chi connectivity index (χ0n) is 15.3. The number of rotatable bonds is 7. The summed E-state index contributed by atoms with van der Waals surface area (Å²) in [5.41, 5.74) is 1.15. The van der Waals surface area contributed by atoms with Crippen molar-refractivity contribution in [2.24, 2.45) is 0 Å². The monoisotopic (exact) mass is 395 g/mol. The fourth-order valence-corrected chi connectivity index (χ4v) is 4.01. The molecule has 144 valence electrons. The lowest BCUT2D eigenvalue weighted by Gasteiger charge is -2.23. The molecule has 1 N–H and O–H groups in total. The minimum Gasteiger partial charge on any atom is -0.494 e. The van der Waals surface area contributed by atoms with Crippen LogP contribution in [-0.2, 0) is 9.59 Å². The highest BCUT2D eigenvalue weighted by molar-refractivity contribution is 7.99. The molecule has 28 heavy (non-hydrogen) atoms.